The van der Waals surface area contributed by atoms with Gasteiger partial charge < -0.3 is 24.6 Å². The van der Waals surface area contributed by atoms with E-state index in [4.69, 9.17) is 14.2 Å². The molecule has 2 N–H and O–H groups in total. The maximum absolute atomic E-state index is 11.5. The summed E-state index contributed by atoms with van der Waals surface area (Å²) < 4.78 is 17.8. The third-order valence-electron chi connectivity index (χ3n) is 4.27. The number of hydrogen-bond donors (Lipinski definition) is 2. The lowest BCUT2D eigenvalue weighted by molar-refractivity contribution is 0.0688. The van der Waals surface area contributed by atoms with Gasteiger partial charge >= 0.3 is 5.97 Å². The Kier molecular flexibility index (Phi) is 4.80. The van der Waals surface area contributed by atoms with Gasteiger partial charge in [0.25, 0.3) is 0 Å². The Labute approximate surface area is 145 Å². The van der Waals surface area contributed by atoms with Crippen molar-refractivity contribution in [2.24, 2.45) is 0 Å². The molecule has 134 valence electrons. The first kappa shape index (κ1) is 17.1. The summed E-state index contributed by atoms with van der Waals surface area (Å²) in [5, 5.41) is 16.9. The van der Waals surface area contributed by atoms with Gasteiger partial charge in [-0.15, -0.1) is 0 Å². The molecule has 0 radical (unpaired) electrons. The topological polar surface area (TPSA) is 94.8 Å². The predicted octanol–water partition coefficient (Wildman–Crippen LogP) is 1.30. The number of fused-ring (bicyclic) bond motifs is 1. The Bertz CT molecular complexity index is 775. The maximum atomic E-state index is 11.5. The van der Waals surface area contributed by atoms with Crippen molar-refractivity contribution in [3.8, 4) is 17.2 Å². The lowest BCUT2D eigenvalue weighted by Gasteiger charge is -2.17. The van der Waals surface area contributed by atoms with Crippen LogP contribution in [0.5, 0.6) is 17.2 Å². The number of rotatable bonds is 6. The second-order valence-corrected chi connectivity index (χ2v) is 5.70. The Balaban J connectivity index is 2.02. The van der Waals surface area contributed by atoms with Crippen LogP contribution in [0.2, 0.25) is 0 Å². The number of benzene rings is 1. The number of carboxylic acid groups (broad SMARTS) is 1. The minimum Gasteiger partial charge on any atom is -0.493 e. The number of carbonyl (C=O) groups is 1. The standard InChI is InChI=1S/C17H21N3O5/c1-23-13-6-10(7-14(24-2)16(13)25-3)9-20-12-4-5-18-8-11(12)15(19-20)17(21)22/h6-7,18H,4-5,8-9H2,1-3H3,(H,21,22). The second kappa shape index (κ2) is 7.02. The first-order chi connectivity index (χ1) is 12.1. The Morgan fingerprint density at radius 2 is 1.92 bits per heavy atom. The largest absolute Gasteiger partial charge is 0.493 e. The number of aromatic nitrogens is 2. The molecule has 0 spiro atoms. The summed E-state index contributed by atoms with van der Waals surface area (Å²) in [6.45, 7) is 1.74. The van der Waals surface area contributed by atoms with E-state index in [9.17, 15) is 9.90 Å². The number of methoxy groups -OCH3 is 3. The van der Waals surface area contributed by atoms with Gasteiger partial charge in [-0.05, 0) is 17.7 Å². The Hall–Kier alpha value is -2.74. The van der Waals surface area contributed by atoms with Gasteiger partial charge in [-0.3, -0.25) is 4.68 Å². The molecule has 0 saturated heterocycles. The van der Waals surface area contributed by atoms with Gasteiger partial charge in [0, 0.05) is 30.8 Å². The Morgan fingerprint density at radius 1 is 1.24 bits per heavy atom. The molecule has 1 aliphatic rings. The summed E-state index contributed by atoms with van der Waals surface area (Å²) in [6.07, 6.45) is 0.736. The van der Waals surface area contributed by atoms with Crippen molar-refractivity contribution in [2.75, 3.05) is 27.9 Å². The van der Waals surface area contributed by atoms with Gasteiger partial charge in [0.05, 0.1) is 27.9 Å². The lowest BCUT2D eigenvalue weighted by atomic mass is 10.1. The first-order valence-corrected chi connectivity index (χ1v) is 7.90. The molecule has 8 nitrogen and oxygen atoms in total. The highest BCUT2D eigenvalue weighted by molar-refractivity contribution is 5.87. The monoisotopic (exact) mass is 347 g/mol. The summed E-state index contributed by atoms with van der Waals surface area (Å²) in [4.78, 5) is 11.5. The van der Waals surface area contributed by atoms with Crippen LogP contribution < -0.4 is 19.5 Å². The number of ether oxygens (including phenoxy) is 3. The molecule has 2 heterocycles. The normalized spacial score (nSPS) is 13.2. The van der Waals surface area contributed by atoms with Crippen LogP contribution >= 0.6 is 0 Å². The molecule has 0 unspecified atom stereocenters. The molecule has 0 aliphatic carbocycles. The second-order valence-electron chi connectivity index (χ2n) is 5.70. The minimum atomic E-state index is -1.01. The number of aromatic carboxylic acids is 1. The zero-order valence-electron chi connectivity index (χ0n) is 14.5. The van der Waals surface area contributed by atoms with Crippen molar-refractivity contribution >= 4 is 5.97 Å². The fourth-order valence-electron chi connectivity index (χ4n) is 3.12. The molecule has 0 fully saturated rings. The van der Waals surface area contributed by atoms with Crippen molar-refractivity contribution in [2.45, 2.75) is 19.5 Å². The summed E-state index contributed by atoms with van der Waals surface area (Å²) in [6, 6.07) is 3.69. The zero-order valence-corrected chi connectivity index (χ0v) is 14.5. The SMILES string of the molecule is COc1cc(Cn2nc(C(=O)O)c3c2CCNC3)cc(OC)c1OC. The van der Waals surface area contributed by atoms with E-state index < -0.39 is 5.97 Å². The third kappa shape index (κ3) is 3.12. The molecule has 2 aromatic rings. The van der Waals surface area contributed by atoms with Crippen LogP contribution in [0.15, 0.2) is 12.1 Å². The molecule has 0 amide bonds. The van der Waals surface area contributed by atoms with Crippen molar-refractivity contribution in [3.63, 3.8) is 0 Å². The molecular formula is C17H21N3O5. The van der Waals surface area contributed by atoms with Crippen molar-refractivity contribution < 1.29 is 24.1 Å². The highest BCUT2D eigenvalue weighted by Gasteiger charge is 2.25. The quantitative estimate of drug-likeness (QED) is 0.813. The van der Waals surface area contributed by atoms with E-state index in [1.54, 1.807) is 26.0 Å². The van der Waals surface area contributed by atoms with Gasteiger partial charge in [0.2, 0.25) is 5.75 Å². The van der Waals surface area contributed by atoms with E-state index in [1.807, 2.05) is 12.1 Å². The van der Waals surface area contributed by atoms with Crippen LogP contribution in [0.3, 0.4) is 0 Å². The maximum Gasteiger partial charge on any atom is 0.356 e. The summed E-state index contributed by atoms with van der Waals surface area (Å²) in [7, 11) is 4.67. The fraction of sp³-hybridized carbons (Fsp3) is 0.412. The smallest absolute Gasteiger partial charge is 0.356 e. The first-order valence-electron chi connectivity index (χ1n) is 7.90. The van der Waals surface area contributed by atoms with Gasteiger partial charge in [-0.25, -0.2) is 4.79 Å². The van der Waals surface area contributed by atoms with E-state index in [-0.39, 0.29) is 5.69 Å². The Morgan fingerprint density at radius 3 is 2.48 bits per heavy atom. The molecule has 25 heavy (non-hydrogen) atoms. The molecule has 0 bridgehead atoms. The van der Waals surface area contributed by atoms with E-state index in [1.165, 1.54) is 0 Å². The molecule has 8 heteroatoms. The van der Waals surface area contributed by atoms with Gasteiger partial charge in [0.1, 0.15) is 0 Å². The average Bonchev–Trinajstić information content (AvgIpc) is 2.99. The number of hydrogen-bond acceptors (Lipinski definition) is 6. The number of nitrogens with zero attached hydrogens (tertiary/aromatic N) is 2. The molecule has 0 atom stereocenters. The van der Waals surface area contributed by atoms with Gasteiger partial charge in [0.15, 0.2) is 17.2 Å². The van der Waals surface area contributed by atoms with Crippen LogP contribution in [0.4, 0.5) is 0 Å². The number of nitrogens with one attached hydrogen (secondary N) is 1. The van der Waals surface area contributed by atoms with Crippen LogP contribution in [0.1, 0.15) is 27.3 Å². The highest BCUT2D eigenvalue weighted by atomic mass is 16.5. The van der Waals surface area contributed by atoms with Crippen LogP contribution in [0, 0.1) is 0 Å². The van der Waals surface area contributed by atoms with Gasteiger partial charge in [-0.1, -0.05) is 0 Å². The fourth-order valence-corrected chi connectivity index (χ4v) is 3.12. The summed E-state index contributed by atoms with van der Waals surface area (Å²) in [5.41, 5.74) is 2.70. The van der Waals surface area contributed by atoms with E-state index in [0.717, 1.165) is 29.8 Å². The zero-order chi connectivity index (χ0) is 18.0. The van der Waals surface area contributed by atoms with Crippen molar-refractivity contribution in [3.05, 3.63) is 34.6 Å². The van der Waals surface area contributed by atoms with E-state index >= 15 is 0 Å². The number of carboxylic acids is 1. The minimum absolute atomic E-state index is 0.106. The van der Waals surface area contributed by atoms with Crippen molar-refractivity contribution in [1.82, 2.24) is 15.1 Å². The highest BCUT2D eigenvalue weighted by Crippen LogP contribution is 2.38. The predicted molar refractivity (Wildman–Crippen MR) is 89.8 cm³/mol. The summed E-state index contributed by atoms with van der Waals surface area (Å²) >= 11 is 0. The molecule has 1 aromatic carbocycles. The van der Waals surface area contributed by atoms with E-state index in [0.29, 0.717) is 30.3 Å². The van der Waals surface area contributed by atoms with Crippen LogP contribution in [-0.2, 0) is 19.5 Å². The summed E-state index contributed by atoms with van der Waals surface area (Å²) in [5.74, 6) is 0.617. The lowest BCUT2D eigenvalue weighted by Crippen LogP contribution is -2.25. The molecule has 1 aromatic heterocycles. The molecule has 3 rings (SSSR count). The van der Waals surface area contributed by atoms with Gasteiger partial charge in [-0.2, -0.15) is 5.10 Å². The molecule has 1 aliphatic heterocycles. The van der Waals surface area contributed by atoms with Crippen LogP contribution in [0.25, 0.3) is 0 Å². The van der Waals surface area contributed by atoms with Crippen molar-refractivity contribution in [1.29, 1.82) is 0 Å². The molecule has 0 saturated carbocycles. The van der Waals surface area contributed by atoms with E-state index in [2.05, 4.69) is 10.4 Å². The third-order valence-corrected chi connectivity index (χ3v) is 4.27. The molecular weight excluding hydrogens is 326 g/mol. The average molecular weight is 347 g/mol. The van der Waals surface area contributed by atoms with Crippen LogP contribution in [-0.4, -0.2) is 48.7 Å².